The Bertz CT molecular complexity index is 637. The average molecular weight is 332 g/mol. The maximum atomic E-state index is 13.7. The van der Waals surface area contributed by atoms with Gasteiger partial charge < -0.3 is 15.3 Å². The number of rotatable bonds is 5. The maximum Gasteiger partial charge on any atom is 0.131 e. The molecule has 0 saturated carbocycles. The third-order valence-electron chi connectivity index (χ3n) is 4.55. The summed E-state index contributed by atoms with van der Waals surface area (Å²) in [6, 6.07) is 14.1. The number of aliphatic hydroxyl groups is 1. The fraction of sp³-hybridized carbons (Fsp3) is 0.368. The highest BCUT2D eigenvalue weighted by molar-refractivity contribution is 5.46. The molecule has 0 radical (unpaired) electrons. The highest BCUT2D eigenvalue weighted by atomic mass is 19.1. The van der Waals surface area contributed by atoms with E-state index in [1.54, 1.807) is 0 Å². The molecule has 0 aromatic heterocycles. The molecule has 3 rings (SSSR count). The monoisotopic (exact) mass is 332 g/mol. The molecule has 1 saturated heterocycles. The molecule has 3 nitrogen and oxygen atoms in total. The first-order chi connectivity index (χ1) is 11.6. The molecule has 24 heavy (non-hydrogen) atoms. The van der Waals surface area contributed by atoms with E-state index in [1.165, 1.54) is 23.9 Å². The van der Waals surface area contributed by atoms with Gasteiger partial charge in [-0.1, -0.05) is 24.3 Å². The lowest BCUT2D eigenvalue weighted by Crippen LogP contribution is -2.43. The van der Waals surface area contributed by atoms with Gasteiger partial charge in [0.1, 0.15) is 11.6 Å². The van der Waals surface area contributed by atoms with Gasteiger partial charge in [0.2, 0.25) is 0 Å². The van der Waals surface area contributed by atoms with Crippen molar-refractivity contribution in [2.24, 2.45) is 0 Å². The summed E-state index contributed by atoms with van der Waals surface area (Å²) in [5.74, 6) is -1.41. The molecule has 2 aromatic rings. The number of nitrogens with one attached hydrogen (secondary N) is 1. The molecule has 1 aliphatic heterocycles. The zero-order valence-corrected chi connectivity index (χ0v) is 13.5. The second-order valence-corrected chi connectivity index (χ2v) is 6.16. The summed E-state index contributed by atoms with van der Waals surface area (Å²) in [6.07, 6.45) is 0.682. The van der Waals surface area contributed by atoms with Crippen molar-refractivity contribution in [1.29, 1.82) is 0 Å². The van der Waals surface area contributed by atoms with Gasteiger partial charge in [-0.05, 0) is 37.1 Å². The molecular formula is C19H22F2N2O. The van der Waals surface area contributed by atoms with Crippen LogP contribution >= 0.6 is 0 Å². The van der Waals surface area contributed by atoms with Crippen molar-refractivity contribution in [1.82, 2.24) is 5.32 Å². The number of hydrogen-bond donors (Lipinski definition) is 2. The zero-order chi connectivity index (χ0) is 16.9. The summed E-state index contributed by atoms with van der Waals surface area (Å²) in [5.41, 5.74) is 0.955. The Balaban J connectivity index is 1.50. The molecule has 0 spiro atoms. The molecule has 1 atom stereocenters. The van der Waals surface area contributed by atoms with Crippen LogP contribution in [0.2, 0.25) is 0 Å². The van der Waals surface area contributed by atoms with E-state index >= 15 is 0 Å². The number of aliphatic hydroxyl groups excluding tert-OH is 1. The van der Waals surface area contributed by atoms with E-state index in [0.29, 0.717) is 0 Å². The fourth-order valence-electron chi connectivity index (χ4n) is 3.19. The van der Waals surface area contributed by atoms with E-state index in [-0.39, 0.29) is 18.2 Å². The van der Waals surface area contributed by atoms with E-state index in [2.05, 4.69) is 22.3 Å². The second kappa shape index (κ2) is 7.73. The van der Waals surface area contributed by atoms with E-state index in [4.69, 9.17) is 0 Å². The Morgan fingerprint density at radius 2 is 1.62 bits per heavy atom. The largest absolute Gasteiger partial charge is 0.387 e. The minimum Gasteiger partial charge on any atom is -0.387 e. The van der Waals surface area contributed by atoms with E-state index < -0.39 is 17.7 Å². The minimum atomic E-state index is -1.18. The summed E-state index contributed by atoms with van der Waals surface area (Å²) in [6.45, 7) is 1.99. The van der Waals surface area contributed by atoms with Crippen molar-refractivity contribution in [3.63, 3.8) is 0 Å². The number of hydrogen-bond acceptors (Lipinski definition) is 3. The van der Waals surface area contributed by atoms with Gasteiger partial charge in [-0.15, -0.1) is 0 Å². The Hall–Kier alpha value is -1.98. The van der Waals surface area contributed by atoms with E-state index in [0.717, 1.165) is 25.9 Å². The van der Waals surface area contributed by atoms with Crippen LogP contribution in [0.5, 0.6) is 0 Å². The quantitative estimate of drug-likeness (QED) is 0.882. The summed E-state index contributed by atoms with van der Waals surface area (Å²) < 4.78 is 27.3. The summed E-state index contributed by atoms with van der Waals surface area (Å²) in [7, 11) is 0. The van der Waals surface area contributed by atoms with Crippen LogP contribution in [-0.2, 0) is 0 Å². The van der Waals surface area contributed by atoms with Crippen molar-refractivity contribution >= 4 is 5.69 Å². The molecule has 1 unspecified atom stereocenters. The average Bonchev–Trinajstić information content (AvgIpc) is 2.61. The molecule has 1 aliphatic rings. The standard InChI is InChI=1S/C19H22F2N2O/c20-16-7-4-8-17(21)19(16)18(24)13-22-14-9-11-23(12-10-14)15-5-2-1-3-6-15/h1-8,14,18,22,24H,9-13H2. The van der Waals surface area contributed by atoms with E-state index in [9.17, 15) is 13.9 Å². The Kier molecular flexibility index (Phi) is 5.43. The van der Waals surface area contributed by atoms with Crippen LogP contribution in [0.4, 0.5) is 14.5 Å². The van der Waals surface area contributed by atoms with Gasteiger partial charge in [-0.3, -0.25) is 0 Å². The van der Waals surface area contributed by atoms with Crippen molar-refractivity contribution in [3.8, 4) is 0 Å². The number of piperidine rings is 1. The molecule has 1 heterocycles. The predicted molar refractivity (Wildman–Crippen MR) is 91.0 cm³/mol. The third kappa shape index (κ3) is 3.91. The van der Waals surface area contributed by atoms with Crippen molar-refractivity contribution in [3.05, 3.63) is 65.7 Å². The number of anilines is 1. The SMILES string of the molecule is OC(CNC1CCN(c2ccccc2)CC1)c1c(F)cccc1F. The lowest BCUT2D eigenvalue weighted by molar-refractivity contribution is 0.158. The van der Waals surface area contributed by atoms with Crippen molar-refractivity contribution < 1.29 is 13.9 Å². The molecule has 0 amide bonds. The lowest BCUT2D eigenvalue weighted by atomic mass is 10.0. The number of para-hydroxylation sites is 1. The third-order valence-corrected chi connectivity index (χ3v) is 4.55. The van der Waals surface area contributed by atoms with Crippen LogP contribution in [0.3, 0.4) is 0 Å². The molecule has 2 aromatic carbocycles. The predicted octanol–water partition coefficient (Wildman–Crippen LogP) is 3.26. The Morgan fingerprint density at radius 3 is 2.25 bits per heavy atom. The Labute approximate surface area is 140 Å². The van der Waals surface area contributed by atoms with Crippen molar-refractivity contribution in [2.45, 2.75) is 25.0 Å². The summed E-state index contributed by atoms with van der Waals surface area (Å²) in [4.78, 5) is 2.32. The first kappa shape index (κ1) is 16.9. The minimum absolute atomic E-state index is 0.147. The molecular weight excluding hydrogens is 310 g/mol. The van der Waals surface area contributed by atoms with E-state index in [1.807, 2.05) is 18.2 Å². The van der Waals surface area contributed by atoms with Gasteiger partial charge >= 0.3 is 0 Å². The van der Waals surface area contributed by atoms with Crippen LogP contribution in [0.1, 0.15) is 24.5 Å². The van der Waals surface area contributed by atoms with Crippen LogP contribution in [0, 0.1) is 11.6 Å². The zero-order valence-electron chi connectivity index (χ0n) is 13.5. The first-order valence-electron chi connectivity index (χ1n) is 8.30. The second-order valence-electron chi connectivity index (χ2n) is 6.16. The number of halogens is 2. The molecule has 0 bridgehead atoms. The maximum absolute atomic E-state index is 13.7. The van der Waals surface area contributed by atoms with Crippen LogP contribution in [-0.4, -0.2) is 30.8 Å². The topological polar surface area (TPSA) is 35.5 Å². The van der Waals surface area contributed by atoms with Gasteiger partial charge in [0.15, 0.2) is 0 Å². The number of benzene rings is 2. The van der Waals surface area contributed by atoms with Crippen LogP contribution < -0.4 is 10.2 Å². The lowest BCUT2D eigenvalue weighted by Gasteiger charge is -2.34. The van der Waals surface area contributed by atoms with Gasteiger partial charge in [0.25, 0.3) is 0 Å². The Morgan fingerprint density at radius 1 is 1.00 bits per heavy atom. The highest BCUT2D eigenvalue weighted by Gasteiger charge is 2.22. The number of nitrogens with zero attached hydrogens (tertiary/aromatic N) is 1. The molecule has 2 N–H and O–H groups in total. The highest BCUT2D eigenvalue weighted by Crippen LogP contribution is 2.22. The molecule has 128 valence electrons. The normalized spacial score (nSPS) is 17.0. The summed E-state index contributed by atoms with van der Waals surface area (Å²) in [5, 5.41) is 13.3. The fourth-order valence-corrected chi connectivity index (χ4v) is 3.19. The molecule has 0 aliphatic carbocycles. The smallest absolute Gasteiger partial charge is 0.131 e. The van der Waals surface area contributed by atoms with Crippen molar-refractivity contribution in [2.75, 3.05) is 24.5 Å². The van der Waals surface area contributed by atoms with Gasteiger partial charge in [-0.25, -0.2) is 8.78 Å². The van der Waals surface area contributed by atoms with Crippen LogP contribution in [0.15, 0.2) is 48.5 Å². The van der Waals surface area contributed by atoms with Gasteiger partial charge in [0.05, 0.1) is 11.7 Å². The summed E-state index contributed by atoms with van der Waals surface area (Å²) >= 11 is 0. The van der Waals surface area contributed by atoms with Crippen LogP contribution in [0.25, 0.3) is 0 Å². The molecule has 5 heteroatoms. The van der Waals surface area contributed by atoms with Gasteiger partial charge in [-0.2, -0.15) is 0 Å². The van der Waals surface area contributed by atoms with Gasteiger partial charge in [0, 0.05) is 31.4 Å². The first-order valence-corrected chi connectivity index (χ1v) is 8.30. The molecule has 1 fully saturated rings.